The quantitative estimate of drug-likeness (QED) is 0.309. The van der Waals surface area contributed by atoms with Gasteiger partial charge in [0.25, 0.3) is 5.69 Å². The molecule has 0 aliphatic heterocycles. The van der Waals surface area contributed by atoms with Crippen LogP contribution in [-0.2, 0) is 14.3 Å². The molecule has 0 saturated heterocycles. The smallest absolute Gasteiger partial charge is 0.340 e. The molecule has 1 aromatic rings. The summed E-state index contributed by atoms with van der Waals surface area (Å²) in [5.41, 5.74) is 0.178. The molecule has 0 aliphatic rings. The topological polar surface area (TPSA) is 111 Å². The summed E-state index contributed by atoms with van der Waals surface area (Å²) >= 11 is 0. The number of nitrogens with zero attached hydrogens (tertiary/aromatic N) is 2. The minimum Gasteiger partial charge on any atom is -0.465 e. The molecular formula is C15H21N3O6. The third-order valence-electron chi connectivity index (χ3n) is 3.24. The molecule has 0 heterocycles. The minimum absolute atomic E-state index is 0.00517. The first kappa shape index (κ1) is 19.4. The number of nitro benzene ring substituents is 1. The van der Waals surface area contributed by atoms with Crippen LogP contribution in [0.1, 0.15) is 16.8 Å². The number of likely N-dealkylation sites (N-methyl/N-ethyl adjacent to an activating group) is 1. The van der Waals surface area contributed by atoms with Crippen molar-refractivity contribution in [3.63, 3.8) is 0 Å². The van der Waals surface area contributed by atoms with E-state index < -0.39 is 10.9 Å². The van der Waals surface area contributed by atoms with E-state index in [2.05, 4.69) is 10.1 Å². The molecule has 0 radical (unpaired) electrons. The van der Waals surface area contributed by atoms with Crippen LogP contribution in [0, 0.1) is 10.1 Å². The molecule has 0 bridgehead atoms. The molecule has 24 heavy (non-hydrogen) atoms. The van der Waals surface area contributed by atoms with Gasteiger partial charge in [-0.3, -0.25) is 14.9 Å². The molecule has 1 aromatic carbocycles. The van der Waals surface area contributed by atoms with Crippen molar-refractivity contribution in [1.29, 1.82) is 0 Å². The van der Waals surface area contributed by atoms with Crippen molar-refractivity contribution >= 4 is 23.3 Å². The van der Waals surface area contributed by atoms with Crippen molar-refractivity contribution in [3.8, 4) is 0 Å². The van der Waals surface area contributed by atoms with Gasteiger partial charge in [-0.1, -0.05) is 0 Å². The molecule has 0 aliphatic carbocycles. The van der Waals surface area contributed by atoms with E-state index in [1.54, 1.807) is 14.2 Å². The SMILES string of the molecule is COCCCNC(=O)CN(C)c1ccc([N+](=O)[O-])cc1C(=O)OC. The maximum absolute atomic E-state index is 11.9. The fourth-order valence-electron chi connectivity index (χ4n) is 2.04. The number of carbonyl (C=O) groups excluding carboxylic acids is 2. The van der Waals surface area contributed by atoms with Crippen LogP contribution in [0.4, 0.5) is 11.4 Å². The van der Waals surface area contributed by atoms with Gasteiger partial charge >= 0.3 is 5.97 Å². The van der Waals surface area contributed by atoms with Crippen LogP contribution in [-0.4, -0.2) is 57.8 Å². The predicted octanol–water partition coefficient (Wildman–Crippen LogP) is 0.970. The summed E-state index contributed by atoms with van der Waals surface area (Å²) in [6.07, 6.45) is 0.691. The van der Waals surface area contributed by atoms with E-state index in [9.17, 15) is 19.7 Å². The van der Waals surface area contributed by atoms with Crippen molar-refractivity contribution in [2.45, 2.75) is 6.42 Å². The lowest BCUT2D eigenvalue weighted by Gasteiger charge is -2.21. The zero-order valence-electron chi connectivity index (χ0n) is 13.9. The van der Waals surface area contributed by atoms with Gasteiger partial charge in [0.05, 0.1) is 29.8 Å². The molecule has 0 fully saturated rings. The van der Waals surface area contributed by atoms with Crippen LogP contribution in [0.3, 0.4) is 0 Å². The van der Waals surface area contributed by atoms with Crippen LogP contribution in [0.15, 0.2) is 18.2 Å². The van der Waals surface area contributed by atoms with Crippen LogP contribution in [0.5, 0.6) is 0 Å². The van der Waals surface area contributed by atoms with E-state index in [-0.39, 0.29) is 23.7 Å². The highest BCUT2D eigenvalue weighted by Gasteiger charge is 2.20. The number of nitro groups is 1. The lowest BCUT2D eigenvalue weighted by atomic mass is 10.1. The molecule has 0 spiro atoms. The molecule has 0 unspecified atom stereocenters. The minimum atomic E-state index is -0.707. The molecule has 1 N–H and O–H groups in total. The number of non-ortho nitro benzene ring substituents is 1. The normalized spacial score (nSPS) is 10.1. The third-order valence-corrected chi connectivity index (χ3v) is 3.24. The second kappa shape index (κ2) is 9.46. The highest BCUT2D eigenvalue weighted by molar-refractivity contribution is 5.97. The maximum Gasteiger partial charge on any atom is 0.340 e. The molecule has 0 saturated carbocycles. The zero-order chi connectivity index (χ0) is 18.1. The molecule has 1 rings (SSSR count). The Hall–Kier alpha value is -2.68. The summed E-state index contributed by atoms with van der Waals surface area (Å²) in [5.74, 6) is -0.941. The third kappa shape index (κ3) is 5.51. The largest absolute Gasteiger partial charge is 0.465 e. The van der Waals surface area contributed by atoms with Gasteiger partial charge in [-0.05, 0) is 12.5 Å². The van der Waals surface area contributed by atoms with Crippen molar-refractivity contribution in [1.82, 2.24) is 5.32 Å². The first-order chi connectivity index (χ1) is 11.4. The van der Waals surface area contributed by atoms with Crippen molar-refractivity contribution < 1.29 is 24.0 Å². The fourth-order valence-corrected chi connectivity index (χ4v) is 2.04. The Bertz CT molecular complexity index is 605. The monoisotopic (exact) mass is 339 g/mol. The Balaban J connectivity index is 2.85. The van der Waals surface area contributed by atoms with E-state index in [4.69, 9.17) is 4.74 Å². The predicted molar refractivity (Wildman–Crippen MR) is 87.2 cm³/mol. The number of ether oxygens (including phenoxy) is 2. The molecule has 0 atom stereocenters. The number of esters is 1. The molecule has 1 amide bonds. The Morgan fingerprint density at radius 3 is 2.62 bits per heavy atom. The number of benzene rings is 1. The number of amides is 1. The first-order valence-corrected chi connectivity index (χ1v) is 7.24. The number of nitrogens with one attached hydrogen (secondary N) is 1. The Labute approximate surface area is 139 Å². The molecule has 9 nitrogen and oxygen atoms in total. The average molecular weight is 339 g/mol. The summed E-state index contributed by atoms with van der Waals surface area (Å²) in [6, 6.07) is 3.82. The zero-order valence-corrected chi connectivity index (χ0v) is 13.9. The summed E-state index contributed by atoms with van der Waals surface area (Å²) in [5, 5.41) is 13.6. The van der Waals surface area contributed by atoms with Crippen molar-refractivity contribution in [2.24, 2.45) is 0 Å². The van der Waals surface area contributed by atoms with Gasteiger partial charge in [0.1, 0.15) is 0 Å². The van der Waals surface area contributed by atoms with E-state index in [0.29, 0.717) is 25.3 Å². The number of hydrogen-bond donors (Lipinski definition) is 1. The second-order valence-electron chi connectivity index (χ2n) is 5.00. The van der Waals surface area contributed by atoms with E-state index in [0.717, 1.165) is 6.07 Å². The number of methoxy groups -OCH3 is 2. The van der Waals surface area contributed by atoms with E-state index in [1.807, 2.05) is 0 Å². The lowest BCUT2D eigenvalue weighted by Crippen LogP contribution is -2.36. The second-order valence-corrected chi connectivity index (χ2v) is 5.00. The van der Waals surface area contributed by atoms with Crippen LogP contribution < -0.4 is 10.2 Å². The Morgan fingerprint density at radius 2 is 2.04 bits per heavy atom. The number of hydrogen-bond acceptors (Lipinski definition) is 7. The Kier molecular flexibility index (Phi) is 7.63. The van der Waals surface area contributed by atoms with Gasteiger partial charge in [0.15, 0.2) is 0 Å². The van der Waals surface area contributed by atoms with Crippen molar-refractivity contribution in [2.75, 3.05) is 45.9 Å². The van der Waals surface area contributed by atoms with E-state index in [1.165, 1.54) is 24.1 Å². The van der Waals surface area contributed by atoms with E-state index >= 15 is 0 Å². The molecule has 0 aromatic heterocycles. The number of carbonyl (C=O) groups is 2. The number of rotatable bonds is 9. The lowest BCUT2D eigenvalue weighted by molar-refractivity contribution is -0.384. The molecule has 132 valence electrons. The highest BCUT2D eigenvalue weighted by atomic mass is 16.6. The van der Waals surface area contributed by atoms with Gasteiger partial charge in [0, 0.05) is 39.4 Å². The van der Waals surface area contributed by atoms with Crippen LogP contribution in [0.25, 0.3) is 0 Å². The van der Waals surface area contributed by atoms with Crippen molar-refractivity contribution in [3.05, 3.63) is 33.9 Å². The van der Waals surface area contributed by atoms with Crippen LogP contribution >= 0.6 is 0 Å². The maximum atomic E-state index is 11.9. The van der Waals surface area contributed by atoms with Crippen LogP contribution in [0.2, 0.25) is 0 Å². The molecule has 9 heteroatoms. The highest BCUT2D eigenvalue weighted by Crippen LogP contribution is 2.25. The molecular weight excluding hydrogens is 318 g/mol. The van der Waals surface area contributed by atoms with Gasteiger partial charge in [-0.25, -0.2) is 4.79 Å². The van der Waals surface area contributed by atoms with Gasteiger partial charge < -0.3 is 19.7 Å². The summed E-state index contributed by atoms with van der Waals surface area (Å²) in [6.45, 7) is 1.02. The van der Waals surface area contributed by atoms with Gasteiger partial charge in [-0.2, -0.15) is 0 Å². The summed E-state index contributed by atoms with van der Waals surface area (Å²) < 4.78 is 9.55. The first-order valence-electron chi connectivity index (χ1n) is 7.24. The fraction of sp³-hybridized carbons (Fsp3) is 0.467. The Morgan fingerprint density at radius 1 is 1.33 bits per heavy atom. The standard InChI is InChI=1S/C15H21N3O6/c1-17(10-14(19)16-7-4-8-23-2)13-6-5-11(18(21)22)9-12(13)15(20)24-3/h5-6,9H,4,7-8,10H2,1-3H3,(H,16,19). The number of anilines is 1. The van der Waals surface area contributed by atoms with Gasteiger partial charge in [-0.15, -0.1) is 0 Å². The summed E-state index contributed by atoms with van der Waals surface area (Å²) in [4.78, 5) is 35.5. The van der Waals surface area contributed by atoms with Gasteiger partial charge in [0.2, 0.25) is 5.91 Å². The summed E-state index contributed by atoms with van der Waals surface area (Å²) in [7, 11) is 4.38. The average Bonchev–Trinajstić information content (AvgIpc) is 2.57.